The second kappa shape index (κ2) is 17.3. The van der Waals surface area contributed by atoms with Gasteiger partial charge in [-0.3, -0.25) is 14.5 Å². The van der Waals surface area contributed by atoms with Crippen molar-refractivity contribution in [3.8, 4) is 0 Å². The van der Waals surface area contributed by atoms with Crippen LogP contribution in [0.2, 0.25) is 5.02 Å². The molecule has 10 nitrogen and oxygen atoms in total. The number of anilines is 4. The molecule has 1 aliphatic heterocycles. The topological polar surface area (TPSA) is 124 Å². The summed E-state index contributed by atoms with van der Waals surface area (Å²) in [5.74, 6) is 2.38. The number of unbranched alkanes of at least 4 members (excludes halogenated alkanes) is 2. The summed E-state index contributed by atoms with van der Waals surface area (Å²) in [5.41, 5.74) is 2.19. The van der Waals surface area contributed by atoms with E-state index in [-0.39, 0.29) is 6.47 Å². The molecule has 0 unspecified atom stereocenters. The van der Waals surface area contributed by atoms with Crippen LogP contribution in [-0.2, 0) is 4.79 Å². The number of nitrogens with zero attached hydrogens (tertiary/aromatic N) is 5. The molecule has 1 saturated heterocycles. The number of hydrogen-bond donors (Lipinski definition) is 3. The van der Waals surface area contributed by atoms with E-state index in [4.69, 9.17) is 21.5 Å². The number of aryl methyl sites for hydroxylation is 2. The Morgan fingerprint density at radius 3 is 2.41 bits per heavy atom. The summed E-state index contributed by atoms with van der Waals surface area (Å²) in [6.45, 7) is 11.2. The van der Waals surface area contributed by atoms with E-state index in [1.807, 2.05) is 45.2 Å². The number of carbonyl (C=O) groups excluding carboxylic acids is 1. The molecular formula is C27H38ClN7O3S. The average molecular weight is 576 g/mol. The summed E-state index contributed by atoms with van der Waals surface area (Å²) in [7, 11) is 1.87. The fourth-order valence-corrected chi connectivity index (χ4v) is 4.97. The highest BCUT2D eigenvalue weighted by Gasteiger charge is 2.19. The van der Waals surface area contributed by atoms with Gasteiger partial charge in [0.25, 0.3) is 6.47 Å². The molecule has 0 radical (unpaired) electrons. The van der Waals surface area contributed by atoms with Gasteiger partial charge in [0, 0.05) is 39.3 Å². The molecule has 1 aromatic carbocycles. The van der Waals surface area contributed by atoms with Crippen LogP contribution in [-0.4, -0.2) is 77.5 Å². The molecule has 0 aliphatic carbocycles. The van der Waals surface area contributed by atoms with Crippen molar-refractivity contribution in [1.29, 1.82) is 0 Å². The first kappa shape index (κ1) is 31.9. The zero-order valence-electron chi connectivity index (χ0n) is 23.0. The van der Waals surface area contributed by atoms with Crippen LogP contribution in [0.4, 0.5) is 22.5 Å². The van der Waals surface area contributed by atoms with Gasteiger partial charge in [-0.1, -0.05) is 54.8 Å². The third-order valence-electron chi connectivity index (χ3n) is 5.95. The summed E-state index contributed by atoms with van der Waals surface area (Å²) < 4.78 is 0. The maximum absolute atomic E-state index is 10.8. The van der Waals surface area contributed by atoms with E-state index in [2.05, 4.69) is 42.3 Å². The van der Waals surface area contributed by atoms with Crippen LogP contribution in [0.3, 0.4) is 0 Å². The fraction of sp³-hybridized carbons (Fsp3) is 0.444. The molecule has 2 aromatic heterocycles. The van der Waals surface area contributed by atoms with Crippen molar-refractivity contribution in [2.45, 2.75) is 40.0 Å². The van der Waals surface area contributed by atoms with Crippen molar-refractivity contribution in [1.82, 2.24) is 19.9 Å². The van der Waals surface area contributed by atoms with Gasteiger partial charge in [0.1, 0.15) is 17.5 Å². The lowest BCUT2D eigenvalue weighted by Crippen LogP contribution is -2.47. The molecule has 1 aliphatic rings. The molecule has 12 heteroatoms. The Bertz CT molecular complexity index is 1150. The van der Waals surface area contributed by atoms with Gasteiger partial charge in [0.05, 0.1) is 21.8 Å². The van der Waals surface area contributed by atoms with Gasteiger partial charge in [0.15, 0.2) is 11.4 Å². The molecule has 39 heavy (non-hydrogen) atoms. The fourth-order valence-electron chi connectivity index (χ4n) is 4.02. The lowest BCUT2D eigenvalue weighted by molar-refractivity contribution is -0.122. The molecule has 4 rings (SSSR count). The van der Waals surface area contributed by atoms with E-state index in [1.54, 1.807) is 6.20 Å². The van der Waals surface area contributed by atoms with E-state index >= 15 is 0 Å². The molecule has 3 heterocycles. The molecule has 0 bridgehead atoms. The van der Waals surface area contributed by atoms with Crippen molar-refractivity contribution in [2.24, 2.45) is 0 Å². The summed E-state index contributed by atoms with van der Waals surface area (Å²) in [5, 5.41) is 14.5. The number of rotatable bonds is 9. The van der Waals surface area contributed by atoms with Gasteiger partial charge in [0.2, 0.25) is 0 Å². The minimum Gasteiger partial charge on any atom is -0.483 e. The summed E-state index contributed by atoms with van der Waals surface area (Å²) in [4.78, 5) is 37.9. The third kappa shape index (κ3) is 10.8. The number of aldehydes is 1. The normalized spacial score (nSPS) is 12.9. The first-order valence-corrected chi connectivity index (χ1v) is 14.1. The number of benzene rings is 1. The maximum Gasteiger partial charge on any atom is 0.290 e. The maximum atomic E-state index is 10.8. The van der Waals surface area contributed by atoms with E-state index in [0.717, 1.165) is 54.8 Å². The van der Waals surface area contributed by atoms with Crippen LogP contribution in [0.5, 0.6) is 0 Å². The summed E-state index contributed by atoms with van der Waals surface area (Å²) in [6.07, 6.45) is 6.23. The lowest BCUT2D eigenvalue weighted by atomic mass is 10.2. The Morgan fingerprint density at radius 1 is 1.13 bits per heavy atom. The van der Waals surface area contributed by atoms with Gasteiger partial charge < -0.3 is 20.6 Å². The molecule has 0 spiro atoms. The van der Waals surface area contributed by atoms with Crippen molar-refractivity contribution >= 4 is 58.2 Å². The number of carbonyl (C=O) groups is 2. The third-order valence-corrected chi connectivity index (χ3v) is 7.10. The largest absolute Gasteiger partial charge is 0.483 e. The zero-order chi connectivity index (χ0) is 28.6. The number of para-hydroxylation sites is 1. The van der Waals surface area contributed by atoms with Crippen LogP contribution in [0.25, 0.3) is 0 Å². The second-order valence-corrected chi connectivity index (χ2v) is 10.3. The quantitative estimate of drug-likeness (QED) is 0.222. The highest BCUT2D eigenvalue weighted by atomic mass is 35.5. The number of nitrogens with one attached hydrogen (secondary N) is 2. The summed E-state index contributed by atoms with van der Waals surface area (Å²) in [6, 6.07) is 7.80. The predicted octanol–water partition coefficient (Wildman–Crippen LogP) is 5.50. The smallest absolute Gasteiger partial charge is 0.290 e. The Kier molecular flexibility index (Phi) is 14.2. The Hall–Kier alpha value is -3.28. The van der Waals surface area contributed by atoms with Crippen molar-refractivity contribution < 1.29 is 14.7 Å². The van der Waals surface area contributed by atoms with Crippen LogP contribution >= 0.6 is 22.9 Å². The first-order chi connectivity index (χ1) is 18.8. The first-order valence-electron chi connectivity index (χ1n) is 12.9. The van der Waals surface area contributed by atoms with Gasteiger partial charge in [-0.15, -0.1) is 0 Å². The van der Waals surface area contributed by atoms with Crippen LogP contribution in [0, 0.1) is 13.8 Å². The number of piperazine rings is 1. The molecule has 3 N–H and O–H groups in total. The Labute approximate surface area is 239 Å². The second-order valence-electron chi connectivity index (χ2n) is 8.79. The van der Waals surface area contributed by atoms with Crippen molar-refractivity contribution in [2.75, 3.05) is 55.3 Å². The molecule has 0 amide bonds. The van der Waals surface area contributed by atoms with Gasteiger partial charge in [-0.2, -0.15) is 0 Å². The highest BCUT2D eigenvalue weighted by molar-refractivity contribution is 7.17. The van der Waals surface area contributed by atoms with Gasteiger partial charge >= 0.3 is 0 Å². The number of aromatic nitrogens is 3. The van der Waals surface area contributed by atoms with E-state index in [9.17, 15) is 4.79 Å². The van der Waals surface area contributed by atoms with Crippen molar-refractivity contribution in [3.63, 3.8) is 0 Å². The van der Waals surface area contributed by atoms with Crippen LogP contribution in [0.15, 0.2) is 30.5 Å². The van der Waals surface area contributed by atoms with E-state index in [1.165, 1.54) is 42.7 Å². The molecule has 0 saturated carbocycles. The molecule has 0 atom stereocenters. The zero-order valence-corrected chi connectivity index (χ0v) is 24.6. The minimum atomic E-state index is -0.250. The Morgan fingerprint density at radius 2 is 1.85 bits per heavy atom. The van der Waals surface area contributed by atoms with Crippen molar-refractivity contribution in [3.05, 3.63) is 51.7 Å². The molecule has 1 fully saturated rings. The lowest BCUT2D eigenvalue weighted by Gasteiger charge is -2.35. The molecule has 212 valence electrons. The Balaban J connectivity index is 0.000000341. The summed E-state index contributed by atoms with van der Waals surface area (Å²) >= 11 is 7.18. The number of hydrogen-bond acceptors (Lipinski definition) is 10. The van der Waals surface area contributed by atoms with Crippen LogP contribution in [0.1, 0.15) is 47.2 Å². The SMILES string of the molecule is CCCCCN1CCN(c2cc(Nc3ncc(C=O)s3)nc(C)n2)CC1.CNc1c(C)cccc1Cl.O=CO. The number of carboxylic acid groups (broad SMARTS) is 1. The monoisotopic (exact) mass is 575 g/mol. The molecular weight excluding hydrogens is 538 g/mol. The minimum absolute atomic E-state index is 0.250. The van der Waals surface area contributed by atoms with Gasteiger partial charge in [-0.25, -0.2) is 15.0 Å². The van der Waals surface area contributed by atoms with E-state index in [0.29, 0.717) is 15.8 Å². The predicted molar refractivity (Wildman–Crippen MR) is 160 cm³/mol. The average Bonchev–Trinajstić information content (AvgIpc) is 3.37. The highest BCUT2D eigenvalue weighted by Crippen LogP contribution is 2.25. The number of thiazole rings is 1. The van der Waals surface area contributed by atoms with Gasteiger partial charge in [-0.05, 0) is 38.4 Å². The van der Waals surface area contributed by atoms with Crippen LogP contribution < -0.4 is 15.5 Å². The standard InChI is InChI=1S/C18H26N6OS.C8H10ClN.CH2O2/c1-3-4-5-6-23-7-9-24(10-8-23)17-11-16(20-14(2)21-17)22-18-19-12-15(13-25)26-18;1-6-4-3-5-7(9)8(6)10-2;2-1-3/h11-13H,3-10H2,1-2H3,(H,19,20,21,22);3-5,10H,1-2H3;1H,(H,2,3). The van der Waals surface area contributed by atoms with E-state index < -0.39 is 0 Å². The number of halogens is 1. The molecule has 3 aromatic rings.